The molecule has 0 saturated carbocycles. The third-order valence-corrected chi connectivity index (χ3v) is 7.09. The van der Waals surface area contributed by atoms with Crippen LogP contribution in [0.2, 0.25) is 5.02 Å². The van der Waals surface area contributed by atoms with Crippen LogP contribution >= 0.6 is 50.2 Å². The summed E-state index contributed by atoms with van der Waals surface area (Å²) < 4.78 is 24.6. The van der Waals surface area contributed by atoms with E-state index in [1.54, 1.807) is 6.07 Å². The lowest BCUT2D eigenvalue weighted by atomic mass is 10.3. The Morgan fingerprint density at radius 2 is 2.10 bits per heavy atom. The molecule has 4 nitrogen and oxygen atoms in total. The first-order chi connectivity index (χ1) is 9.36. The molecule has 3 heterocycles. The van der Waals surface area contributed by atoms with Gasteiger partial charge in [0.15, 0.2) is 5.65 Å². The average Bonchev–Trinajstić information content (AvgIpc) is 2.93. The molecule has 0 fully saturated rings. The van der Waals surface area contributed by atoms with Crippen LogP contribution in [0.15, 0.2) is 26.3 Å². The van der Waals surface area contributed by atoms with E-state index in [2.05, 4.69) is 25.9 Å². The summed E-state index contributed by atoms with van der Waals surface area (Å²) in [6, 6.07) is 3.61. The lowest BCUT2D eigenvalue weighted by Crippen LogP contribution is -1.95. The van der Waals surface area contributed by atoms with Gasteiger partial charge < -0.3 is 0 Å². The number of nitrogens with zero attached hydrogens (tertiary/aromatic N) is 2. The Balaban J connectivity index is 2.27. The molecule has 0 atom stereocenters. The van der Waals surface area contributed by atoms with Crippen LogP contribution in [0.3, 0.4) is 0 Å². The van der Waals surface area contributed by atoms with Crippen molar-refractivity contribution in [2.45, 2.75) is 4.34 Å². The van der Waals surface area contributed by atoms with E-state index < -0.39 is 9.84 Å². The van der Waals surface area contributed by atoms with Gasteiger partial charge in [-0.25, -0.2) is 18.4 Å². The van der Waals surface area contributed by atoms with Crippen molar-refractivity contribution in [1.82, 2.24) is 9.97 Å². The molecule has 3 rings (SSSR count). The van der Waals surface area contributed by atoms with E-state index in [1.807, 2.05) is 11.4 Å². The Hall–Kier alpha value is -0.540. The molecule has 9 heteroatoms. The fourth-order valence-electron chi connectivity index (χ4n) is 1.60. The van der Waals surface area contributed by atoms with Crippen LogP contribution in [0.25, 0.3) is 20.9 Å². The molecule has 0 bridgehead atoms. The molecule has 3 aromatic rings. The summed E-state index contributed by atoms with van der Waals surface area (Å²) in [7, 11) is -3.32. The Morgan fingerprint density at radius 1 is 1.35 bits per heavy atom. The molecule has 104 valence electrons. The zero-order valence-corrected chi connectivity index (χ0v) is 14.7. The van der Waals surface area contributed by atoms with Crippen molar-refractivity contribution in [3.05, 3.63) is 27.0 Å². The summed E-state index contributed by atoms with van der Waals surface area (Å²) in [4.78, 5) is 9.34. The lowest BCUT2D eigenvalue weighted by Gasteiger charge is -2.01. The van der Waals surface area contributed by atoms with E-state index in [0.29, 0.717) is 21.1 Å². The zero-order valence-electron chi connectivity index (χ0n) is 9.92. The van der Waals surface area contributed by atoms with Gasteiger partial charge in [0.25, 0.3) is 0 Å². The van der Waals surface area contributed by atoms with Gasteiger partial charge in [0.2, 0.25) is 14.2 Å². The van der Waals surface area contributed by atoms with E-state index in [0.717, 1.165) is 26.9 Å². The van der Waals surface area contributed by atoms with Crippen LogP contribution < -0.4 is 0 Å². The Kier molecular flexibility index (Phi) is 3.62. The molecule has 20 heavy (non-hydrogen) atoms. The molecule has 0 amide bonds. The fraction of sp³-hybridized carbons (Fsp3) is 0.0909. The van der Waals surface area contributed by atoms with Crippen LogP contribution in [0, 0.1) is 0 Å². The van der Waals surface area contributed by atoms with Gasteiger partial charge in [0, 0.05) is 10.7 Å². The van der Waals surface area contributed by atoms with Crippen molar-refractivity contribution in [2.75, 3.05) is 6.26 Å². The highest BCUT2D eigenvalue weighted by atomic mass is 79.9. The molecule has 0 aliphatic heterocycles. The van der Waals surface area contributed by atoms with Crippen LogP contribution in [-0.2, 0) is 9.84 Å². The highest BCUT2D eigenvalue weighted by Crippen LogP contribution is 2.38. The molecule has 0 aliphatic rings. The molecule has 0 radical (unpaired) electrons. The first-order valence-corrected chi connectivity index (χ1v) is 10.0. The van der Waals surface area contributed by atoms with Crippen molar-refractivity contribution >= 4 is 70.4 Å². The van der Waals surface area contributed by atoms with E-state index in [4.69, 9.17) is 11.6 Å². The minimum Gasteiger partial charge on any atom is -0.225 e. The van der Waals surface area contributed by atoms with E-state index in [-0.39, 0.29) is 4.34 Å². The van der Waals surface area contributed by atoms with Crippen molar-refractivity contribution in [3.63, 3.8) is 0 Å². The van der Waals surface area contributed by atoms with Crippen LogP contribution in [-0.4, -0.2) is 24.6 Å². The van der Waals surface area contributed by atoms with Crippen LogP contribution in [0.4, 0.5) is 0 Å². The van der Waals surface area contributed by atoms with Crippen molar-refractivity contribution < 1.29 is 8.42 Å². The number of fused-ring (bicyclic) bond motifs is 1. The Bertz CT molecular complexity index is 917. The highest BCUT2D eigenvalue weighted by Gasteiger charge is 2.18. The summed E-state index contributed by atoms with van der Waals surface area (Å²) in [5, 5.41) is 2.49. The van der Waals surface area contributed by atoms with Crippen LogP contribution in [0.1, 0.15) is 0 Å². The summed E-state index contributed by atoms with van der Waals surface area (Å²) in [5.41, 5.74) is 1.08. The molecule has 0 spiro atoms. The maximum Gasteiger partial charge on any atom is 0.211 e. The number of rotatable bonds is 2. The number of thiophene rings is 1. The quantitative estimate of drug-likeness (QED) is 0.635. The summed E-state index contributed by atoms with van der Waals surface area (Å²) >= 11 is 12.1. The topological polar surface area (TPSA) is 59.9 Å². The summed E-state index contributed by atoms with van der Waals surface area (Å²) in [5.74, 6) is 0. The number of hydrogen-bond donors (Lipinski definition) is 0. The van der Waals surface area contributed by atoms with Gasteiger partial charge in [0.05, 0.1) is 20.3 Å². The Morgan fingerprint density at radius 3 is 2.70 bits per heavy atom. The van der Waals surface area contributed by atoms with Crippen molar-refractivity contribution in [3.8, 4) is 10.6 Å². The van der Waals surface area contributed by atoms with E-state index >= 15 is 0 Å². The minimum atomic E-state index is -3.32. The summed E-state index contributed by atoms with van der Waals surface area (Å²) in [6.45, 7) is 0. The van der Waals surface area contributed by atoms with Gasteiger partial charge in [-0.2, -0.15) is 0 Å². The molecular weight excluding hydrogens is 404 g/mol. The molecule has 0 unspecified atom stereocenters. The molecule has 3 aromatic heterocycles. The van der Waals surface area contributed by atoms with Gasteiger partial charge in [-0.3, -0.25) is 0 Å². The standard InChI is InChI=1S/C11H6BrClN2O2S3/c1-20(16,17)11-15-10-7(19-11)4-5(12)8(14-10)9-6(13)2-3-18-9/h2-4H,1H3. The third kappa shape index (κ3) is 2.50. The smallest absolute Gasteiger partial charge is 0.211 e. The molecule has 0 aliphatic carbocycles. The number of sulfone groups is 1. The normalized spacial score (nSPS) is 12.2. The average molecular weight is 410 g/mol. The number of pyridine rings is 1. The first-order valence-electron chi connectivity index (χ1n) is 5.27. The number of hydrogen-bond acceptors (Lipinski definition) is 6. The van der Waals surface area contributed by atoms with Gasteiger partial charge in [0.1, 0.15) is 0 Å². The second-order valence-electron chi connectivity index (χ2n) is 3.99. The SMILES string of the molecule is CS(=O)(=O)c1nc2nc(-c3sccc3Cl)c(Br)cc2s1. The number of aromatic nitrogens is 2. The second-order valence-corrected chi connectivity index (χ2v) is 9.39. The summed E-state index contributed by atoms with van der Waals surface area (Å²) in [6.07, 6.45) is 1.14. The van der Waals surface area contributed by atoms with Gasteiger partial charge in [-0.15, -0.1) is 22.7 Å². The van der Waals surface area contributed by atoms with Crippen molar-refractivity contribution in [1.29, 1.82) is 0 Å². The molecule has 0 aromatic carbocycles. The van der Waals surface area contributed by atoms with E-state index in [9.17, 15) is 8.42 Å². The third-order valence-electron chi connectivity index (χ3n) is 2.47. The first kappa shape index (κ1) is 14.4. The molecule has 0 N–H and O–H groups in total. The molecule has 0 saturated heterocycles. The maximum absolute atomic E-state index is 11.5. The zero-order chi connectivity index (χ0) is 14.5. The fourth-order valence-corrected chi connectivity index (χ4v) is 5.36. The predicted octanol–water partition coefficient (Wildman–Crippen LogP) is 4.24. The highest BCUT2D eigenvalue weighted by molar-refractivity contribution is 9.10. The van der Waals surface area contributed by atoms with E-state index in [1.165, 1.54) is 11.3 Å². The Labute approximate surface area is 136 Å². The minimum absolute atomic E-state index is 0.0707. The van der Waals surface area contributed by atoms with Crippen molar-refractivity contribution in [2.24, 2.45) is 0 Å². The van der Waals surface area contributed by atoms with Gasteiger partial charge >= 0.3 is 0 Å². The largest absolute Gasteiger partial charge is 0.225 e. The predicted molar refractivity (Wildman–Crippen MR) is 86.5 cm³/mol. The molecular formula is C11H6BrClN2O2S3. The second kappa shape index (κ2) is 5.03. The van der Waals surface area contributed by atoms with Gasteiger partial charge in [-0.05, 0) is 33.4 Å². The van der Waals surface area contributed by atoms with Gasteiger partial charge in [-0.1, -0.05) is 11.6 Å². The number of halogens is 2. The lowest BCUT2D eigenvalue weighted by molar-refractivity contribution is 0.601. The monoisotopic (exact) mass is 408 g/mol. The number of thiazole rings is 1. The maximum atomic E-state index is 11.5. The van der Waals surface area contributed by atoms with Crippen LogP contribution in [0.5, 0.6) is 0 Å².